The Bertz CT molecular complexity index is 401. The molecule has 68 valence electrons. The summed E-state index contributed by atoms with van der Waals surface area (Å²) in [5, 5.41) is 0. The fourth-order valence-electron chi connectivity index (χ4n) is 1.63. The number of hydrogen-bond donors (Lipinski definition) is 1. The summed E-state index contributed by atoms with van der Waals surface area (Å²) in [5.41, 5.74) is 8.36. The molecule has 1 atom stereocenters. The van der Waals surface area contributed by atoms with Crippen LogP contribution in [0.25, 0.3) is 5.52 Å². The lowest BCUT2D eigenvalue weighted by Crippen LogP contribution is -2.17. The van der Waals surface area contributed by atoms with Crippen LogP contribution in [0.2, 0.25) is 0 Å². The molecule has 1 unspecified atom stereocenters. The predicted octanol–water partition coefficient (Wildman–Crippen LogP) is 1.83. The molecule has 0 aliphatic heterocycles. The van der Waals surface area contributed by atoms with Crippen LogP contribution < -0.4 is 5.73 Å². The van der Waals surface area contributed by atoms with E-state index in [2.05, 4.69) is 35.0 Å². The van der Waals surface area contributed by atoms with Crippen molar-refractivity contribution in [1.82, 2.24) is 4.40 Å². The second kappa shape index (κ2) is 3.23. The van der Waals surface area contributed by atoms with E-state index in [-0.39, 0.29) is 6.04 Å². The summed E-state index contributed by atoms with van der Waals surface area (Å²) in [5.74, 6) is 0. The van der Waals surface area contributed by atoms with E-state index in [1.807, 2.05) is 13.0 Å². The van der Waals surface area contributed by atoms with Gasteiger partial charge >= 0.3 is 0 Å². The van der Waals surface area contributed by atoms with Crippen LogP contribution in [0.15, 0.2) is 36.7 Å². The zero-order valence-electron chi connectivity index (χ0n) is 7.77. The second-order valence-electron chi connectivity index (χ2n) is 3.52. The molecule has 0 fully saturated rings. The van der Waals surface area contributed by atoms with Crippen molar-refractivity contribution < 1.29 is 0 Å². The highest BCUT2D eigenvalue weighted by atomic mass is 14.8. The molecule has 0 saturated carbocycles. The number of hydrogen-bond acceptors (Lipinski definition) is 1. The summed E-state index contributed by atoms with van der Waals surface area (Å²) in [6.45, 7) is 2.03. The van der Waals surface area contributed by atoms with Gasteiger partial charge in [0.25, 0.3) is 0 Å². The van der Waals surface area contributed by atoms with Crippen molar-refractivity contribution in [2.45, 2.75) is 19.4 Å². The summed E-state index contributed by atoms with van der Waals surface area (Å²) >= 11 is 0. The minimum atomic E-state index is 0.228. The van der Waals surface area contributed by atoms with Gasteiger partial charge in [-0.3, -0.25) is 0 Å². The summed E-state index contributed by atoms with van der Waals surface area (Å²) in [6, 6.07) is 8.57. The Kier molecular flexibility index (Phi) is 2.07. The molecule has 0 amide bonds. The third kappa shape index (κ3) is 1.58. The summed E-state index contributed by atoms with van der Waals surface area (Å²) in [6.07, 6.45) is 5.08. The number of nitrogens with zero attached hydrogens (tertiary/aromatic N) is 1. The Morgan fingerprint density at radius 1 is 1.31 bits per heavy atom. The van der Waals surface area contributed by atoms with E-state index >= 15 is 0 Å². The van der Waals surface area contributed by atoms with Gasteiger partial charge < -0.3 is 10.1 Å². The second-order valence-corrected chi connectivity index (χ2v) is 3.52. The molecule has 0 saturated heterocycles. The molecule has 0 spiro atoms. The molecule has 2 N–H and O–H groups in total. The molecule has 2 nitrogen and oxygen atoms in total. The molecule has 0 aliphatic rings. The van der Waals surface area contributed by atoms with Gasteiger partial charge in [-0.25, -0.2) is 0 Å². The highest BCUT2D eigenvalue weighted by Crippen LogP contribution is 2.13. The quantitative estimate of drug-likeness (QED) is 0.739. The summed E-state index contributed by atoms with van der Waals surface area (Å²) in [7, 11) is 0. The minimum absolute atomic E-state index is 0.228. The van der Waals surface area contributed by atoms with Crippen LogP contribution in [-0.4, -0.2) is 10.4 Å². The van der Waals surface area contributed by atoms with Crippen molar-refractivity contribution in [1.29, 1.82) is 0 Å². The topological polar surface area (TPSA) is 30.4 Å². The molecule has 2 heteroatoms. The van der Waals surface area contributed by atoms with Crippen LogP contribution in [0.4, 0.5) is 0 Å². The monoisotopic (exact) mass is 174 g/mol. The van der Waals surface area contributed by atoms with E-state index in [0.29, 0.717) is 0 Å². The standard InChI is InChI=1S/C11H14N2/c1-9(12)8-10-5-7-13-6-3-2-4-11(10)13/h2-7,9H,8,12H2,1H3. The van der Waals surface area contributed by atoms with E-state index in [4.69, 9.17) is 5.73 Å². The maximum absolute atomic E-state index is 5.77. The lowest BCUT2D eigenvalue weighted by Gasteiger charge is -2.03. The first-order chi connectivity index (χ1) is 6.27. The van der Waals surface area contributed by atoms with Crippen LogP contribution in [0.5, 0.6) is 0 Å². The lowest BCUT2D eigenvalue weighted by molar-refractivity contribution is 0.742. The third-order valence-electron chi connectivity index (χ3n) is 2.20. The molecule has 0 radical (unpaired) electrons. The maximum atomic E-state index is 5.77. The summed E-state index contributed by atoms with van der Waals surface area (Å²) in [4.78, 5) is 0. The van der Waals surface area contributed by atoms with Gasteiger partial charge in [0.15, 0.2) is 0 Å². The molecule has 2 aromatic rings. The van der Waals surface area contributed by atoms with E-state index < -0.39 is 0 Å². The van der Waals surface area contributed by atoms with Gasteiger partial charge in [-0.2, -0.15) is 0 Å². The smallest absolute Gasteiger partial charge is 0.0482 e. The molecule has 2 aromatic heterocycles. The van der Waals surface area contributed by atoms with Gasteiger partial charge in [-0.1, -0.05) is 6.07 Å². The van der Waals surface area contributed by atoms with Crippen molar-refractivity contribution in [2.24, 2.45) is 5.73 Å². The van der Waals surface area contributed by atoms with Crippen molar-refractivity contribution in [2.75, 3.05) is 0 Å². The van der Waals surface area contributed by atoms with Crippen LogP contribution in [0.3, 0.4) is 0 Å². The van der Waals surface area contributed by atoms with Gasteiger partial charge in [-0.15, -0.1) is 0 Å². The molecule has 2 rings (SSSR count). The van der Waals surface area contributed by atoms with E-state index in [1.54, 1.807) is 0 Å². The summed E-state index contributed by atoms with van der Waals surface area (Å²) < 4.78 is 2.12. The van der Waals surface area contributed by atoms with E-state index in [1.165, 1.54) is 11.1 Å². The van der Waals surface area contributed by atoms with Gasteiger partial charge in [0.1, 0.15) is 0 Å². The first-order valence-electron chi connectivity index (χ1n) is 4.57. The zero-order valence-corrected chi connectivity index (χ0v) is 7.77. The first kappa shape index (κ1) is 8.32. The van der Waals surface area contributed by atoms with Gasteiger partial charge in [0.05, 0.1) is 0 Å². The average Bonchev–Trinajstić information content (AvgIpc) is 2.48. The molecule has 0 bridgehead atoms. The van der Waals surface area contributed by atoms with Crippen LogP contribution in [-0.2, 0) is 6.42 Å². The SMILES string of the molecule is CC(N)Cc1ccn2ccccc12. The normalized spacial score (nSPS) is 13.4. The number of pyridine rings is 1. The predicted molar refractivity (Wildman–Crippen MR) is 54.8 cm³/mol. The fourth-order valence-corrected chi connectivity index (χ4v) is 1.63. The van der Waals surface area contributed by atoms with Crippen molar-refractivity contribution in [3.8, 4) is 0 Å². The van der Waals surface area contributed by atoms with Crippen molar-refractivity contribution >= 4 is 5.52 Å². The number of fused-ring (bicyclic) bond motifs is 1. The lowest BCUT2D eigenvalue weighted by atomic mass is 10.1. The minimum Gasteiger partial charge on any atom is -0.328 e. The van der Waals surface area contributed by atoms with Crippen LogP contribution in [0.1, 0.15) is 12.5 Å². The Morgan fingerprint density at radius 2 is 2.15 bits per heavy atom. The highest BCUT2D eigenvalue weighted by molar-refractivity contribution is 5.55. The fraction of sp³-hybridized carbons (Fsp3) is 0.273. The van der Waals surface area contributed by atoms with E-state index in [9.17, 15) is 0 Å². The van der Waals surface area contributed by atoms with Gasteiger partial charge in [-0.05, 0) is 37.1 Å². The van der Waals surface area contributed by atoms with Crippen molar-refractivity contribution in [3.63, 3.8) is 0 Å². The third-order valence-corrected chi connectivity index (χ3v) is 2.20. The molecule has 0 aromatic carbocycles. The highest BCUT2D eigenvalue weighted by Gasteiger charge is 2.03. The average molecular weight is 174 g/mol. The maximum Gasteiger partial charge on any atom is 0.0482 e. The molecular formula is C11H14N2. The largest absolute Gasteiger partial charge is 0.328 e. The number of rotatable bonds is 2. The Morgan fingerprint density at radius 3 is 2.92 bits per heavy atom. The molecule has 13 heavy (non-hydrogen) atoms. The van der Waals surface area contributed by atoms with Gasteiger partial charge in [0.2, 0.25) is 0 Å². The van der Waals surface area contributed by atoms with E-state index in [0.717, 1.165) is 6.42 Å². The number of aromatic nitrogens is 1. The Hall–Kier alpha value is -1.28. The first-order valence-corrected chi connectivity index (χ1v) is 4.57. The Balaban J connectivity index is 2.46. The van der Waals surface area contributed by atoms with Gasteiger partial charge in [0, 0.05) is 24.0 Å². The number of nitrogens with two attached hydrogens (primary N) is 1. The van der Waals surface area contributed by atoms with Crippen molar-refractivity contribution in [3.05, 3.63) is 42.2 Å². The zero-order chi connectivity index (χ0) is 9.26. The van der Waals surface area contributed by atoms with Crippen LogP contribution >= 0.6 is 0 Å². The molecular weight excluding hydrogens is 160 g/mol. The Labute approximate surface area is 78.0 Å². The molecule has 2 heterocycles. The molecule has 0 aliphatic carbocycles. The van der Waals surface area contributed by atoms with Crippen LogP contribution in [0, 0.1) is 0 Å².